The Labute approximate surface area is 91.1 Å². The molecule has 0 saturated carbocycles. The van der Waals surface area contributed by atoms with E-state index < -0.39 is 0 Å². The van der Waals surface area contributed by atoms with Gasteiger partial charge in [0.2, 0.25) is 0 Å². The van der Waals surface area contributed by atoms with Gasteiger partial charge in [-0.2, -0.15) is 0 Å². The molecule has 0 amide bonds. The minimum Gasteiger partial charge on any atom is -0.460 e. The first-order valence-electron chi connectivity index (χ1n) is 4.71. The predicted molar refractivity (Wildman–Crippen MR) is 55.7 cm³/mol. The van der Waals surface area contributed by atoms with Crippen molar-refractivity contribution in [3.63, 3.8) is 0 Å². The maximum absolute atomic E-state index is 13.2. The number of ether oxygens (including phenoxy) is 1. The molecular weight excluding hydrogens is 211 g/mol. The van der Waals surface area contributed by atoms with Crippen molar-refractivity contribution < 1.29 is 13.5 Å². The lowest BCUT2D eigenvalue weighted by atomic mass is 10.2. The number of benzene rings is 1. The van der Waals surface area contributed by atoms with E-state index in [1.54, 1.807) is 18.2 Å². The molecule has 82 valence electrons. The fourth-order valence-electron chi connectivity index (χ4n) is 1.21. The van der Waals surface area contributed by atoms with Crippen LogP contribution in [-0.2, 0) is 6.61 Å². The van der Waals surface area contributed by atoms with E-state index in [-0.39, 0.29) is 23.8 Å². The van der Waals surface area contributed by atoms with Crippen molar-refractivity contribution in [2.24, 2.45) is 0 Å². The van der Waals surface area contributed by atoms with Gasteiger partial charge in [-0.25, -0.2) is 4.39 Å². The van der Waals surface area contributed by atoms with Gasteiger partial charge < -0.3 is 9.15 Å². The second-order valence-electron chi connectivity index (χ2n) is 3.17. The molecule has 0 N–H and O–H groups in total. The molecule has 0 spiro atoms. The molecular formula is C12H9FO3. The highest BCUT2D eigenvalue weighted by Crippen LogP contribution is 2.11. The molecule has 2 rings (SSSR count). The molecule has 3 nitrogen and oxygen atoms in total. The van der Waals surface area contributed by atoms with Crippen LogP contribution in [0.2, 0.25) is 0 Å². The zero-order chi connectivity index (χ0) is 11.4. The number of rotatable bonds is 3. The van der Waals surface area contributed by atoms with Gasteiger partial charge in [0, 0.05) is 11.6 Å². The third-order valence-electron chi connectivity index (χ3n) is 2.00. The van der Waals surface area contributed by atoms with Crippen LogP contribution in [0.5, 0.6) is 5.95 Å². The van der Waals surface area contributed by atoms with Crippen molar-refractivity contribution in [3.05, 3.63) is 64.3 Å². The molecule has 0 atom stereocenters. The third-order valence-corrected chi connectivity index (χ3v) is 2.00. The molecule has 0 aliphatic rings. The summed E-state index contributed by atoms with van der Waals surface area (Å²) in [5.41, 5.74) is 0.198. The number of hydrogen-bond acceptors (Lipinski definition) is 3. The van der Waals surface area contributed by atoms with Crippen molar-refractivity contribution in [3.8, 4) is 5.95 Å². The highest BCUT2D eigenvalue weighted by Gasteiger charge is 2.02. The van der Waals surface area contributed by atoms with Crippen LogP contribution >= 0.6 is 0 Å². The molecule has 0 saturated heterocycles. The van der Waals surface area contributed by atoms with Crippen molar-refractivity contribution in [2.45, 2.75) is 6.61 Å². The van der Waals surface area contributed by atoms with Crippen molar-refractivity contribution in [1.82, 2.24) is 0 Å². The maximum atomic E-state index is 13.2. The molecule has 4 heteroatoms. The summed E-state index contributed by atoms with van der Waals surface area (Å²) in [6, 6.07) is 8.75. The molecule has 16 heavy (non-hydrogen) atoms. The predicted octanol–water partition coefficient (Wildman–Crippen LogP) is 2.36. The van der Waals surface area contributed by atoms with Crippen LogP contribution in [0, 0.1) is 5.82 Å². The van der Waals surface area contributed by atoms with Crippen LogP contribution in [0.4, 0.5) is 4.39 Å². The average molecular weight is 220 g/mol. The van der Waals surface area contributed by atoms with E-state index in [1.807, 2.05) is 0 Å². The largest absolute Gasteiger partial charge is 0.460 e. The van der Waals surface area contributed by atoms with Gasteiger partial charge in [0.15, 0.2) is 5.43 Å². The van der Waals surface area contributed by atoms with Gasteiger partial charge in [-0.05, 0) is 6.07 Å². The van der Waals surface area contributed by atoms with Crippen LogP contribution in [0.15, 0.2) is 51.9 Å². The average Bonchev–Trinajstić information content (AvgIpc) is 2.28. The monoisotopic (exact) mass is 220 g/mol. The molecule has 0 aliphatic heterocycles. The van der Waals surface area contributed by atoms with Gasteiger partial charge in [-0.15, -0.1) is 0 Å². The Morgan fingerprint density at radius 1 is 1.25 bits per heavy atom. The van der Waals surface area contributed by atoms with Crippen molar-refractivity contribution >= 4 is 0 Å². The van der Waals surface area contributed by atoms with Crippen LogP contribution in [-0.4, -0.2) is 0 Å². The molecule has 0 aliphatic carbocycles. The third kappa shape index (κ3) is 2.48. The second-order valence-corrected chi connectivity index (χ2v) is 3.17. The zero-order valence-electron chi connectivity index (χ0n) is 8.35. The normalized spacial score (nSPS) is 10.1. The molecule has 0 radical (unpaired) electrons. The maximum Gasteiger partial charge on any atom is 0.288 e. The van der Waals surface area contributed by atoms with Gasteiger partial charge in [-0.3, -0.25) is 4.79 Å². The summed E-state index contributed by atoms with van der Waals surface area (Å²) in [7, 11) is 0. The summed E-state index contributed by atoms with van der Waals surface area (Å²) >= 11 is 0. The van der Waals surface area contributed by atoms with Crippen LogP contribution in [0.25, 0.3) is 0 Å². The Morgan fingerprint density at radius 3 is 2.81 bits per heavy atom. The lowest BCUT2D eigenvalue weighted by Crippen LogP contribution is -2.01. The van der Waals surface area contributed by atoms with Crippen molar-refractivity contribution in [2.75, 3.05) is 0 Å². The Bertz CT molecular complexity index is 534. The molecule has 1 aromatic heterocycles. The lowest BCUT2D eigenvalue weighted by molar-refractivity contribution is 0.223. The van der Waals surface area contributed by atoms with Crippen LogP contribution < -0.4 is 10.2 Å². The van der Waals surface area contributed by atoms with Crippen LogP contribution in [0.1, 0.15) is 5.56 Å². The minimum atomic E-state index is -0.347. The van der Waals surface area contributed by atoms with Gasteiger partial charge in [-0.1, -0.05) is 18.2 Å². The minimum absolute atomic E-state index is 0.0274. The van der Waals surface area contributed by atoms with E-state index in [0.29, 0.717) is 5.56 Å². The van der Waals surface area contributed by atoms with E-state index in [0.717, 1.165) is 0 Å². The Balaban J connectivity index is 2.08. The van der Waals surface area contributed by atoms with E-state index >= 15 is 0 Å². The van der Waals surface area contributed by atoms with Crippen LogP contribution in [0.3, 0.4) is 0 Å². The Morgan fingerprint density at radius 2 is 2.06 bits per heavy atom. The summed E-state index contributed by atoms with van der Waals surface area (Å²) in [4.78, 5) is 11.0. The van der Waals surface area contributed by atoms with E-state index in [2.05, 4.69) is 0 Å². The van der Waals surface area contributed by atoms with E-state index in [1.165, 1.54) is 24.5 Å². The van der Waals surface area contributed by atoms with Crippen molar-refractivity contribution in [1.29, 1.82) is 0 Å². The summed E-state index contributed by atoms with van der Waals surface area (Å²) in [5.74, 6) is -0.267. The summed E-state index contributed by atoms with van der Waals surface area (Å²) in [6.07, 6.45) is 1.24. The first-order chi connectivity index (χ1) is 7.75. The lowest BCUT2D eigenvalue weighted by Gasteiger charge is -2.04. The molecule has 1 aromatic carbocycles. The molecule has 2 aromatic rings. The highest BCUT2D eigenvalue weighted by molar-refractivity contribution is 5.17. The molecule has 0 bridgehead atoms. The standard InChI is InChI=1S/C12H9FO3/c13-11-4-2-1-3-9(11)8-16-12-7-10(14)5-6-15-12/h1-7H,8H2. The smallest absolute Gasteiger partial charge is 0.288 e. The summed E-state index contributed by atoms with van der Waals surface area (Å²) in [6.45, 7) is 0.0274. The topological polar surface area (TPSA) is 39.4 Å². The first kappa shape index (κ1) is 10.4. The van der Waals surface area contributed by atoms with Gasteiger partial charge in [0.1, 0.15) is 12.4 Å². The summed E-state index contributed by atoms with van der Waals surface area (Å²) < 4.78 is 23.3. The highest BCUT2D eigenvalue weighted by atomic mass is 19.1. The Hall–Kier alpha value is -2.10. The number of hydrogen-bond donors (Lipinski definition) is 0. The van der Waals surface area contributed by atoms with E-state index in [9.17, 15) is 9.18 Å². The number of halogens is 1. The first-order valence-corrected chi connectivity index (χ1v) is 4.71. The van der Waals surface area contributed by atoms with Gasteiger partial charge >= 0.3 is 0 Å². The van der Waals surface area contributed by atoms with E-state index in [4.69, 9.17) is 9.15 Å². The molecule has 1 heterocycles. The summed E-state index contributed by atoms with van der Waals surface area (Å²) in [5, 5.41) is 0. The zero-order valence-corrected chi connectivity index (χ0v) is 8.35. The SMILES string of the molecule is O=c1ccoc(OCc2ccccc2F)c1. The molecule has 0 unspecified atom stereocenters. The second kappa shape index (κ2) is 4.61. The fourth-order valence-corrected chi connectivity index (χ4v) is 1.21. The van der Waals surface area contributed by atoms with Gasteiger partial charge in [0.25, 0.3) is 5.95 Å². The fraction of sp³-hybridized carbons (Fsp3) is 0.0833. The van der Waals surface area contributed by atoms with Gasteiger partial charge in [0.05, 0.1) is 12.3 Å². The quantitative estimate of drug-likeness (QED) is 0.797. The Kier molecular flexibility index (Phi) is 3.00. The molecule has 0 fully saturated rings.